The Bertz CT molecular complexity index is 951. The van der Waals surface area contributed by atoms with E-state index >= 15 is 0 Å². The Kier molecular flexibility index (Phi) is 4.33. The van der Waals surface area contributed by atoms with Crippen molar-refractivity contribution in [3.8, 4) is 11.4 Å². The summed E-state index contributed by atoms with van der Waals surface area (Å²) in [5.74, 6) is -0.139. The lowest BCUT2D eigenvalue weighted by molar-refractivity contribution is 0.0524. The van der Waals surface area contributed by atoms with E-state index in [9.17, 15) is 9.59 Å². The van der Waals surface area contributed by atoms with Crippen LogP contribution in [0.2, 0.25) is 0 Å². The minimum atomic E-state index is -0.634. The van der Waals surface area contributed by atoms with E-state index in [-0.39, 0.29) is 12.2 Å². The number of aromatic nitrogens is 4. The zero-order chi connectivity index (χ0) is 17.1. The Balaban J connectivity index is 2.22. The molecule has 0 aliphatic rings. The Morgan fingerprint density at radius 3 is 2.67 bits per heavy atom. The summed E-state index contributed by atoms with van der Waals surface area (Å²) in [7, 11) is 0. The highest BCUT2D eigenvalue weighted by Crippen LogP contribution is 2.17. The van der Waals surface area contributed by atoms with Gasteiger partial charge in [0.1, 0.15) is 11.2 Å². The molecule has 0 aromatic carbocycles. The highest BCUT2D eigenvalue weighted by molar-refractivity contribution is 5.93. The second-order valence-corrected chi connectivity index (χ2v) is 5.05. The van der Waals surface area contributed by atoms with Crippen molar-refractivity contribution >= 4 is 17.0 Å². The van der Waals surface area contributed by atoms with Crippen molar-refractivity contribution in [1.82, 2.24) is 19.5 Å². The van der Waals surface area contributed by atoms with Crippen molar-refractivity contribution in [2.24, 2.45) is 0 Å². The number of carbonyl (C=O) groups is 1. The molecule has 0 aliphatic carbocycles. The first-order valence-corrected chi connectivity index (χ1v) is 7.63. The summed E-state index contributed by atoms with van der Waals surface area (Å²) in [5, 5.41) is 0.292. The van der Waals surface area contributed by atoms with Gasteiger partial charge in [-0.15, -0.1) is 0 Å². The van der Waals surface area contributed by atoms with Crippen LogP contribution in [-0.2, 0) is 11.3 Å². The first-order valence-electron chi connectivity index (χ1n) is 7.63. The normalized spacial score (nSPS) is 10.8. The Hall–Kier alpha value is -3.09. The van der Waals surface area contributed by atoms with Crippen molar-refractivity contribution in [2.75, 3.05) is 6.61 Å². The molecule has 0 bridgehead atoms. The average Bonchev–Trinajstić information content (AvgIpc) is 2.62. The Morgan fingerprint density at radius 2 is 2.00 bits per heavy atom. The summed E-state index contributed by atoms with van der Waals surface area (Å²) in [5.41, 5.74) is 0.856. The van der Waals surface area contributed by atoms with Crippen molar-refractivity contribution < 1.29 is 9.53 Å². The number of hydrogen-bond donors (Lipinski definition) is 0. The molecule has 0 radical (unpaired) electrons. The summed E-state index contributed by atoms with van der Waals surface area (Å²) in [6.45, 7) is 4.37. The quantitative estimate of drug-likeness (QED) is 0.683. The first kappa shape index (κ1) is 15.8. The minimum absolute atomic E-state index is 0.00791. The summed E-state index contributed by atoms with van der Waals surface area (Å²) in [4.78, 5) is 37.3. The molecule has 0 unspecified atom stereocenters. The molecule has 0 amide bonds. The first-order chi connectivity index (χ1) is 11.7. The van der Waals surface area contributed by atoms with Gasteiger partial charge in [-0.05, 0) is 26.0 Å². The molecule has 7 heteroatoms. The molecule has 3 aromatic rings. The van der Waals surface area contributed by atoms with Crippen LogP contribution >= 0.6 is 0 Å². The van der Waals surface area contributed by atoms with Gasteiger partial charge in [-0.25, -0.2) is 14.8 Å². The van der Waals surface area contributed by atoms with Crippen LogP contribution < -0.4 is 5.43 Å². The van der Waals surface area contributed by atoms with Crippen LogP contribution in [0.5, 0.6) is 0 Å². The van der Waals surface area contributed by atoms with Gasteiger partial charge in [0.05, 0.1) is 12.0 Å². The van der Waals surface area contributed by atoms with E-state index in [0.717, 1.165) is 5.56 Å². The van der Waals surface area contributed by atoms with E-state index < -0.39 is 11.4 Å². The molecule has 7 nitrogen and oxygen atoms in total. The molecule has 0 spiro atoms. The van der Waals surface area contributed by atoms with E-state index in [0.29, 0.717) is 23.4 Å². The Labute approximate surface area is 138 Å². The SMILES string of the molecule is CCOC(=O)c1cn(CC)c2nc(-c3ccncc3)ncc2c1=O. The molecule has 3 heterocycles. The van der Waals surface area contributed by atoms with Crippen LogP contribution in [0.3, 0.4) is 0 Å². The molecular weight excluding hydrogens is 308 g/mol. The number of fused-ring (bicyclic) bond motifs is 1. The van der Waals surface area contributed by atoms with Crippen LogP contribution in [0.25, 0.3) is 22.4 Å². The summed E-state index contributed by atoms with van der Waals surface area (Å²) < 4.78 is 6.70. The maximum atomic E-state index is 12.6. The number of aryl methyl sites for hydroxylation is 1. The highest BCUT2D eigenvalue weighted by Gasteiger charge is 2.17. The maximum absolute atomic E-state index is 12.6. The number of esters is 1. The maximum Gasteiger partial charge on any atom is 0.343 e. The molecule has 0 saturated carbocycles. The third-order valence-corrected chi connectivity index (χ3v) is 3.59. The van der Waals surface area contributed by atoms with Gasteiger partial charge < -0.3 is 9.30 Å². The van der Waals surface area contributed by atoms with Crippen LogP contribution in [-0.4, -0.2) is 32.1 Å². The molecule has 0 atom stereocenters. The summed E-state index contributed by atoms with van der Waals surface area (Å²) in [6.07, 6.45) is 6.25. The fourth-order valence-corrected chi connectivity index (χ4v) is 2.41. The van der Waals surface area contributed by atoms with Gasteiger partial charge in [-0.2, -0.15) is 0 Å². The smallest absolute Gasteiger partial charge is 0.343 e. The second kappa shape index (κ2) is 6.57. The molecule has 0 aliphatic heterocycles. The monoisotopic (exact) mass is 324 g/mol. The largest absolute Gasteiger partial charge is 0.462 e. The van der Waals surface area contributed by atoms with Gasteiger partial charge in [-0.3, -0.25) is 9.78 Å². The lowest BCUT2D eigenvalue weighted by atomic mass is 10.2. The molecule has 24 heavy (non-hydrogen) atoms. The van der Waals surface area contributed by atoms with Crippen molar-refractivity contribution in [3.63, 3.8) is 0 Å². The molecule has 3 aromatic heterocycles. The van der Waals surface area contributed by atoms with E-state index in [4.69, 9.17) is 4.74 Å². The van der Waals surface area contributed by atoms with Crippen molar-refractivity contribution in [2.45, 2.75) is 20.4 Å². The topological polar surface area (TPSA) is 87.0 Å². The average molecular weight is 324 g/mol. The fourth-order valence-electron chi connectivity index (χ4n) is 2.41. The van der Waals surface area contributed by atoms with E-state index in [1.807, 2.05) is 6.92 Å². The van der Waals surface area contributed by atoms with Gasteiger partial charge in [-0.1, -0.05) is 0 Å². The Morgan fingerprint density at radius 1 is 1.25 bits per heavy atom. The zero-order valence-corrected chi connectivity index (χ0v) is 13.4. The molecule has 0 saturated heterocycles. The van der Waals surface area contributed by atoms with Crippen LogP contribution in [0, 0.1) is 0 Å². The molecular formula is C17H16N4O3. The number of ether oxygens (including phenoxy) is 1. The van der Waals surface area contributed by atoms with Crippen LogP contribution in [0.1, 0.15) is 24.2 Å². The third kappa shape index (κ3) is 2.76. The molecule has 0 fully saturated rings. The van der Waals surface area contributed by atoms with Crippen LogP contribution in [0.4, 0.5) is 0 Å². The van der Waals surface area contributed by atoms with Crippen molar-refractivity contribution in [3.05, 3.63) is 52.7 Å². The van der Waals surface area contributed by atoms with Gasteiger partial charge in [0.25, 0.3) is 0 Å². The third-order valence-electron chi connectivity index (χ3n) is 3.59. The predicted molar refractivity (Wildman–Crippen MR) is 88.7 cm³/mol. The van der Waals surface area contributed by atoms with E-state index in [2.05, 4.69) is 15.0 Å². The molecule has 0 N–H and O–H groups in total. The zero-order valence-electron chi connectivity index (χ0n) is 13.4. The summed E-state index contributed by atoms with van der Waals surface area (Å²) in [6, 6.07) is 3.59. The molecule has 3 rings (SSSR count). The van der Waals surface area contributed by atoms with Crippen LogP contribution in [0.15, 0.2) is 41.7 Å². The number of carbonyl (C=O) groups excluding carboxylic acids is 1. The molecule has 122 valence electrons. The fraction of sp³-hybridized carbons (Fsp3) is 0.235. The lowest BCUT2D eigenvalue weighted by Gasteiger charge is -2.11. The van der Waals surface area contributed by atoms with Gasteiger partial charge in [0.2, 0.25) is 5.43 Å². The second-order valence-electron chi connectivity index (χ2n) is 5.05. The van der Waals surface area contributed by atoms with Crippen molar-refractivity contribution in [1.29, 1.82) is 0 Å². The van der Waals surface area contributed by atoms with Gasteiger partial charge in [0.15, 0.2) is 5.82 Å². The number of hydrogen-bond acceptors (Lipinski definition) is 6. The minimum Gasteiger partial charge on any atom is -0.462 e. The van der Waals surface area contributed by atoms with Gasteiger partial charge in [0, 0.05) is 36.9 Å². The highest BCUT2D eigenvalue weighted by atomic mass is 16.5. The van der Waals surface area contributed by atoms with E-state index in [1.165, 1.54) is 12.4 Å². The van der Waals surface area contributed by atoms with Gasteiger partial charge >= 0.3 is 5.97 Å². The van der Waals surface area contributed by atoms with E-state index in [1.54, 1.807) is 36.0 Å². The number of nitrogens with zero attached hydrogens (tertiary/aromatic N) is 4. The lowest BCUT2D eigenvalue weighted by Crippen LogP contribution is -2.21. The number of rotatable bonds is 4. The summed E-state index contributed by atoms with van der Waals surface area (Å²) >= 11 is 0. The predicted octanol–water partition coefficient (Wildman–Crippen LogP) is 2.05. The standard InChI is InChI=1S/C17H16N4O3/c1-3-21-10-13(17(23)24-4-2)14(22)12-9-19-15(20-16(12)21)11-5-7-18-8-6-11/h5-10H,3-4H2,1-2H3. The number of pyridine rings is 2.